The SMILES string of the molecule is CCCCn1c(=O)[nH]c2cnccc21.Cc1cccc2c1nc(C)n2CCCCCCO. The van der Waals surface area contributed by atoms with Crippen LogP contribution in [0.5, 0.6) is 0 Å². The highest BCUT2D eigenvalue weighted by atomic mass is 16.2. The van der Waals surface area contributed by atoms with Crippen LogP contribution in [0.1, 0.15) is 56.8 Å². The van der Waals surface area contributed by atoms with Gasteiger partial charge in [0.15, 0.2) is 0 Å². The summed E-state index contributed by atoms with van der Waals surface area (Å²) in [5, 5.41) is 8.75. The van der Waals surface area contributed by atoms with E-state index < -0.39 is 0 Å². The molecule has 3 heterocycles. The van der Waals surface area contributed by atoms with Gasteiger partial charge in [0.05, 0.1) is 28.3 Å². The monoisotopic (exact) mass is 437 g/mol. The van der Waals surface area contributed by atoms with Crippen LogP contribution < -0.4 is 5.69 Å². The molecule has 0 saturated heterocycles. The van der Waals surface area contributed by atoms with Crippen molar-refractivity contribution in [2.45, 2.75) is 72.4 Å². The molecule has 7 nitrogen and oxygen atoms in total. The number of aromatic amines is 1. The van der Waals surface area contributed by atoms with Gasteiger partial charge in [-0.2, -0.15) is 0 Å². The molecule has 7 heteroatoms. The Balaban J connectivity index is 0.000000186. The van der Waals surface area contributed by atoms with Gasteiger partial charge in [0.1, 0.15) is 5.82 Å². The van der Waals surface area contributed by atoms with Crippen LogP contribution in [0.2, 0.25) is 0 Å². The van der Waals surface area contributed by atoms with Gasteiger partial charge in [0.25, 0.3) is 0 Å². The Hall–Kier alpha value is -2.93. The average molecular weight is 438 g/mol. The Morgan fingerprint density at radius 1 is 0.969 bits per heavy atom. The van der Waals surface area contributed by atoms with Gasteiger partial charge in [0, 0.05) is 25.9 Å². The smallest absolute Gasteiger partial charge is 0.326 e. The number of nitrogens with one attached hydrogen (secondary N) is 1. The minimum absolute atomic E-state index is 0.0403. The van der Waals surface area contributed by atoms with Crippen molar-refractivity contribution >= 4 is 22.1 Å². The van der Waals surface area contributed by atoms with E-state index >= 15 is 0 Å². The summed E-state index contributed by atoms with van der Waals surface area (Å²) in [4.78, 5) is 22.9. The van der Waals surface area contributed by atoms with Gasteiger partial charge in [-0.05, 0) is 50.8 Å². The third-order valence-electron chi connectivity index (χ3n) is 5.77. The van der Waals surface area contributed by atoms with Gasteiger partial charge in [-0.25, -0.2) is 9.78 Å². The molecule has 4 rings (SSSR count). The molecule has 172 valence electrons. The second kappa shape index (κ2) is 11.6. The van der Waals surface area contributed by atoms with Gasteiger partial charge in [0.2, 0.25) is 0 Å². The third-order valence-corrected chi connectivity index (χ3v) is 5.77. The van der Waals surface area contributed by atoms with E-state index in [0.717, 1.165) is 67.6 Å². The molecule has 0 aliphatic heterocycles. The highest BCUT2D eigenvalue weighted by molar-refractivity contribution is 5.79. The van der Waals surface area contributed by atoms with Crippen molar-refractivity contribution in [1.82, 2.24) is 24.1 Å². The number of unbranched alkanes of at least 4 members (excludes halogenated alkanes) is 4. The lowest BCUT2D eigenvalue weighted by Gasteiger charge is -2.06. The summed E-state index contributed by atoms with van der Waals surface area (Å²) in [6, 6.07) is 8.22. The molecule has 32 heavy (non-hydrogen) atoms. The number of aliphatic hydroxyl groups is 1. The molecule has 0 aliphatic rings. The maximum absolute atomic E-state index is 11.5. The molecular formula is C25H35N5O2. The van der Waals surface area contributed by atoms with E-state index in [1.807, 2.05) is 6.07 Å². The second-order valence-electron chi connectivity index (χ2n) is 8.22. The number of rotatable bonds is 9. The number of benzene rings is 1. The number of hydrogen-bond donors (Lipinski definition) is 2. The number of hydrogen-bond acceptors (Lipinski definition) is 4. The van der Waals surface area contributed by atoms with Gasteiger partial charge >= 0.3 is 5.69 Å². The number of aliphatic hydroxyl groups excluding tert-OH is 1. The molecule has 0 aliphatic carbocycles. The quantitative estimate of drug-likeness (QED) is 0.371. The average Bonchev–Trinajstić information content (AvgIpc) is 3.29. The van der Waals surface area contributed by atoms with Crippen molar-refractivity contribution in [1.29, 1.82) is 0 Å². The van der Waals surface area contributed by atoms with E-state index in [0.29, 0.717) is 6.61 Å². The largest absolute Gasteiger partial charge is 0.396 e. The molecule has 0 saturated carbocycles. The molecule has 0 radical (unpaired) electrons. The van der Waals surface area contributed by atoms with Gasteiger partial charge in [-0.1, -0.05) is 38.3 Å². The molecule has 1 aromatic carbocycles. The Morgan fingerprint density at radius 3 is 2.53 bits per heavy atom. The number of imidazole rings is 2. The predicted octanol–water partition coefficient (Wildman–Crippen LogP) is 4.73. The van der Waals surface area contributed by atoms with Crippen LogP contribution in [0.15, 0.2) is 41.5 Å². The van der Waals surface area contributed by atoms with Crippen molar-refractivity contribution in [3.8, 4) is 0 Å². The lowest BCUT2D eigenvalue weighted by molar-refractivity contribution is 0.282. The molecule has 3 aromatic heterocycles. The molecule has 0 spiro atoms. The minimum Gasteiger partial charge on any atom is -0.396 e. The van der Waals surface area contributed by atoms with E-state index in [1.165, 1.54) is 17.5 Å². The Labute approximate surface area is 189 Å². The summed E-state index contributed by atoms with van der Waals surface area (Å²) in [6.07, 6.45) is 9.85. The number of fused-ring (bicyclic) bond motifs is 2. The fraction of sp³-hybridized carbons (Fsp3) is 0.480. The van der Waals surface area contributed by atoms with Crippen LogP contribution in [0, 0.1) is 13.8 Å². The van der Waals surface area contributed by atoms with Crippen LogP contribution in [-0.2, 0) is 13.1 Å². The van der Waals surface area contributed by atoms with Crippen molar-refractivity contribution in [3.05, 3.63) is 58.5 Å². The van der Waals surface area contributed by atoms with Crippen LogP contribution in [0.4, 0.5) is 0 Å². The summed E-state index contributed by atoms with van der Waals surface area (Å²) in [6.45, 7) is 8.41. The van der Waals surface area contributed by atoms with Crippen molar-refractivity contribution in [2.75, 3.05) is 6.61 Å². The molecule has 2 N–H and O–H groups in total. The summed E-state index contributed by atoms with van der Waals surface area (Å²) in [7, 11) is 0. The van der Waals surface area contributed by atoms with E-state index in [1.54, 1.807) is 17.0 Å². The predicted molar refractivity (Wildman–Crippen MR) is 130 cm³/mol. The number of nitrogens with zero attached hydrogens (tertiary/aromatic N) is 4. The highest BCUT2D eigenvalue weighted by Gasteiger charge is 2.08. The molecule has 0 amide bonds. The third kappa shape index (κ3) is 5.65. The topological polar surface area (TPSA) is 88.7 Å². The minimum atomic E-state index is -0.0403. The van der Waals surface area contributed by atoms with Crippen LogP contribution >= 0.6 is 0 Å². The van der Waals surface area contributed by atoms with E-state index in [-0.39, 0.29) is 5.69 Å². The van der Waals surface area contributed by atoms with E-state index in [9.17, 15) is 4.79 Å². The zero-order valence-electron chi connectivity index (χ0n) is 19.5. The number of para-hydroxylation sites is 1. The number of aromatic nitrogens is 5. The second-order valence-corrected chi connectivity index (χ2v) is 8.22. The maximum atomic E-state index is 11.5. The van der Waals surface area contributed by atoms with Gasteiger partial charge < -0.3 is 14.7 Å². The van der Waals surface area contributed by atoms with Crippen LogP contribution in [-0.4, -0.2) is 35.8 Å². The number of H-pyrrole nitrogens is 1. The molecule has 4 aromatic rings. The van der Waals surface area contributed by atoms with Crippen molar-refractivity contribution in [3.63, 3.8) is 0 Å². The summed E-state index contributed by atoms with van der Waals surface area (Å²) in [5.41, 5.74) is 5.34. The molecular weight excluding hydrogens is 402 g/mol. The Kier molecular flexibility index (Phi) is 8.62. The lowest BCUT2D eigenvalue weighted by atomic mass is 10.2. The Bertz CT molecular complexity index is 1190. The standard InChI is InChI=1S/C15H22N2O.C10H13N3O/c1-12-8-7-9-14-15(12)16-13(2)17(14)10-5-3-4-6-11-18;1-2-3-6-13-9-4-5-11-7-8(9)12-10(13)14/h7-9,18H,3-6,10-11H2,1-2H3;4-5,7H,2-3,6H2,1H3,(H,12,14). The normalized spacial score (nSPS) is 11.1. The number of pyridine rings is 1. The fourth-order valence-electron chi connectivity index (χ4n) is 3.97. The van der Waals surface area contributed by atoms with Crippen LogP contribution in [0.3, 0.4) is 0 Å². The van der Waals surface area contributed by atoms with E-state index in [2.05, 4.69) is 58.5 Å². The highest BCUT2D eigenvalue weighted by Crippen LogP contribution is 2.20. The van der Waals surface area contributed by atoms with Gasteiger partial charge in [-0.15, -0.1) is 0 Å². The summed E-state index contributed by atoms with van der Waals surface area (Å²) >= 11 is 0. The number of aryl methyl sites for hydroxylation is 4. The van der Waals surface area contributed by atoms with E-state index in [4.69, 9.17) is 5.11 Å². The van der Waals surface area contributed by atoms with Crippen molar-refractivity contribution < 1.29 is 5.11 Å². The zero-order valence-corrected chi connectivity index (χ0v) is 19.5. The molecule has 0 atom stereocenters. The lowest BCUT2D eigenvalue weighted by Crippen LogP contribution is -2.16. The first kappa shape index (κ1) is 23.7. The first-order chi connectivity index (χ1) is 15.6. The molecule has 0 unspecified atom stereocenters. The van der Waals surface area contributed by atoms with Crippen molar-refractivity contribution in [2.24, 2.45) is 0 Å². The van der Waals surface area contributed by atoms with Crippen LogP contribution in [0.25, 0.3) is 22.1 Å². The molecule has 0 bridgehead atoms. The zero-order chi connectivity index (χ0) is 22.9. The fourth-order valence-corrected chi connectivity index (χ4v) is 3.97. The summed E-state index contributed by atoms with van der Waals surface area (Å²) < 4.78 is 4.07. The molecule has 0 fully saturated rings. The first-order valence-corrected chi connectivity index (χ1v) is 11.6. The summed E-state index contributed by atoms with van der Waals surface area (Å²) in [5.74, 6) is 1.10. The maximum Gasteiger partial charge on any atom is 0.326 e. The first-order valence-electron chi connectivity index (χ1n) is 11.6. The Morgan fingerprint density at radius 2 is 1.75 bits per heavy atom. The van der Waals surface area contributed by atoms with Gasteiger partial charge in [-0.3, -0.25) is 9.55 Å².